The molecule has 1 amide bonds. The summed E-state index contributed by atoms with van der Waals surface area (Å²) in [6.07, 6.45) is 0.595. The molecule has 0 aromatic carbocycles. The highest BCUT2D eigenvalue weighted by atomic mass is 16.4. The molecule has 0 aromatic heterocycles. The van der Waals surface area contributed by atoms with Gasteiger partial charge in [0.05, 0.1) is 0 Å². The summed E-state index contributed by atoms with van der Waals surface area (Å²) < 4.78 is 0. The Morgan fingerprint density at radius 3 is 2.28 bits per heavy atom. The highest BCUT2D eigenvalue weighted by Crippen LogP contribution is 2.42. The van der Waals surface area contributed by atoms with Gasteiger partial charge in [-0.2, -0.15) is 0 Å². The fourth-order valence-electron chi connectivity index (χ4n) is 2.99. The summed E-state index contributed by atoms with van der Waals surface area (Å²) in [7, 11) is 0. The third-order valence-electron chi connectivity index (χ3n) is 4.03. The Labute approximate surface area is 108 Å². The molecule has 2 N–H and O–H groups in total. The lowest BCUT2D eigenvalue weighted by Gasteiger charge is -2.47. The molecule has 1 fully saturated rings. The van der Waals surface area contributed by atoms with E-state index in [1.165, 1.54) is 4.90 Å². The quantitative estimate of drug-likeness (QED) is 0.790. The molecule has 2 atom stereocenters. The summed E-state index contributed by atoms with van der Waals surface area (Å²) in [6.45, 7) is 7.55. The van der Waals surface area contributed by atoms with Crippen LogP contribution in [0.4, 0.5) is 0 Å². The molecule has 0 aromatic rings. The maximum atomic E-state index is 12.1. The maximum Gasteiger partial charge on any atom is 0.330 e. The predicted molar refractivity (Wildman–Crippen MR) is 67.0 cm³/mol. The van der Waals surface area contributed by atoms with Gasteiger partial charge in [0.15, 0.2) is 0 Å². The van der Waals surface area contributed by atoms with E-state index in [2.05, 4.69) is 0 Å². The summed E-state index contributed by atoms with van der Waals surface area (Å²) in [4.78, 5) is 25.3. The van der Waals surface area contributed by atoms with E-state index in [1.54, 1.807) is 6.92 Å². The Bertz CT molecular complexity index is 347. The largest absolute Gasteiger partial charge is 0.479 e. The molecule has 5 nitrogen and oxygen atoms in total. The number of carbonyl (C=O) groups is 2. The molecule has 18 heavy (non-hydrogen) atoms. The lowest BCUT2D eigenvalue weighted by atomic mass is 9.70. The van der Waals surface area contributed by atoms with Crippen LogP contribution in [0.25, 0.3) is 0 Å². The van der Waals surface area contributed by atoms with Crippen molar-refractivity contribution in [1.29, 1.82) is 0 Å². The number of amides is 1. The molecule has 0 saturated carbocycles. The van der Waals surface area contributed by atoms with Crippen LogP contribution in [0, 0.1) is 11.3 Å². The second-order valence-electron chi connectivity index (χ2n) is 6.03. The molecule has 1 heterocycles. The molecule has 1 rings (SSSR count). The Morgan fingerprint density at radius 2 is 2.00 bits per heavy atom. The first-order valence-electron chi connectivity index (χ1n) is 6.35. The highest BCUT2D eigenvalue weighted by molar-refractivity contribution is 5.89. The number of nitrogens with zero attached hydrogens (tertiary/aromatic N) is 1. The topological polar surface area (TPSA) is 77.8 Å². The van der Waals surface area contributed by atoms with Crippen LogP contribution in [0.2, 0.25) is 0 Å². The number of hydrogen-bond acceptors (Lipinski definition) is 3. The van der Waals surface area contributed by atoms with E-state index in [9.17, 15) is 14.7 Å². The zero-order valence-electron chi connectivity index (χ0n) is 11.6. The first kappa shape index (κ1) is 15.0. The standard InChI is InChI=1S/C13H23NO4/c1-5-13(11(17)18,12(2,3)4)14-7-9(8-15)6-10(14)16/h9,15H,5-8H2,1-4H3,(H,17,18)/t9?,13-/m1/s1. The van der Waals surface area contributed by atoms with Gasteiger partial charge in [0.2, 0.25) is 5.91 Å². The minimum absolute atomic E-state index is 0.0776. The van der Waals surface area contributed by atoms with Gasteiger partial charge in [0.25, 0.3) is 0 Å². The van der Waals surface area contributed by atoms with Gasteiger partial charge in [-0.1, -0.05) is 27.7 Å². The third-order valence-corrected chi connectivity index (χ3v) is 4.03. The van der Waals surface area contributed by atoms with Gasteiger partial charge in [-0.05, 0) is 11.8 Å². The SMILES string of the molecule is CC[C@](C(=O)O)(N1CC(CO)CC1=O)C(C)(C)C. The minimum atomic E-state index is -1.20. The first-order chi connectivity index (χ1) is 8.20. The second kappa shape index (κ2) is 4.88. The van der Waals surface area contributed by atoms with E-state index in [0.29, 0.717) is 13.0 Å². The number of hydrogen-bond donors (Lipinski definition) is 2. The van der Waals surface area contributed by atoms with E-state index < -0.39 is 16.9 Å². The lowest BCUT2D eigenvalue weighted by Crippen LogP contribution is -2.62. The number of aliphatic hydroxyl groups excluding tert-OH is 1. The summed E-state index contributed by atoms with van der Waals surface area (Å²) in [5.74, 6) is -1.29. The number of aliphatic carboxylic acids is 1. The summed E-state index contributed by atoms with van der Waals surface area (Å²) in [5, 5.41) is 18.8. The Morgan fingerprint density at radius 1 is 1.44 bits per heavy atom. The van der Waals surface area contributed by atoms with E-state index in [-0.39, 0.29) is 24.9 Å². The van der Waals surface area contributed by atoms with Crippen LogP contribution in [0.3, 0.4) is 0 Å². The van der Waals surface area contributed by atoms with Crippen LogP contribution >= 0.6 is 0 Å². The maximum absolute atomic E-state index is 12.1. The van der Waals surface area contributed by atoms with E-state index in [0.717, 1.165) is 0 Å². The van der Waals surface area contributed by atoms with Crippen LogP contribution < -0.4 is 0 Å². The number of aliphatic hydroxyl groups is 1. The normalized spacial score (nSPS) is 24.2. The molecule has 1 unspecified atom stereocenters. The second-order valence-corrected chi connectivity index (χ2v) is 6.03. The minimum Gasteiger partial charge on any atom is -0.479 e. The molecule has 0 radical (unpaired) electrons. The average Bonchev–Trinajstić information content (AvgIpc) is 2.60. The predicted octanol–water partition coefficient (Wildman–Crippen LogP) is 1.11. The van der Waals surface area contributed by atoms with Crippen molar-refractivity contribution in [3.05, 3.63) is 0 Å². The van der Waals surface area contributed by atoms with Gasteiger partial charge in [-0.15, -0.1) is 0 Å². The van der Waals surface area contributed by atoms with Gasteiger partial charge in [0, 0.05) is 25.5 Å². The molecule has 1 saturated heterocycles. The van der Waals surface area contributed by atoms with Crippen LogP contribution in [0.15, 0.2) is 0 Å². The molecular weight excluding hydrogens is 234 g/mol. The number of carboxylic acid groups (broad SMARTS) is 1. The molecule has 5 heteroatoms. The number of carboxylic acids is 1. The molecule has 1 aliphatic heterocycles. The van der Waals surface area contributed by atoms with Crippen LogP contribution in [-0.2, 0) is 9.59 Å². The summed E-state index contributed by atoms with van der Waals surface area (Å²) >= 11 is 0. The van der Waals surface area contributed by atoms with Gasteiger partial charge in [-0.3, -0.25) is 4.79 Å². The van der Waals surface area contributed by atoms with Crippen molar-refractivity contribution >= 4 is 11.9 Å². The summed E-state index contributed by atoms with van der Waals surface area (Å²) in [6, 6.07) is 0. The fraction of sp³-hybridized carbons (Fsp3) is 0.846. The van der Waals surface area contributed by atoms with Gasteiger partial charge in [-0.25, -0.2) is 4.79 Å². The van der Waals surface area contributed by atoms with E-state index in [4.69, 9.17) is 5.11 Å². The first-order valence-corrected chi connectivity index (χ1v) is 6.35. The molecular formula is C13H23NO4. The Kier molecular flexibility index (Phi) is 4.05. The zero-order chi connectivity index (χ0) is 14.1. The number of likely N-dealkylation sites (tertiary alicyclic amines) is 1. The van der Waals surface area contributed by atoms with Crippen molar-refractivity contribution in [3.8, 4) is 0 Å². The van der Waals surface area contributed by atoms with Crippen LogP contribution in [0.5, 0.6) is 0 Å². The van der Waals surface area contributed by atoms with Gasteiger partial charge in [0.1, 0.15) is 5.54 Å². The van der Waals surface area contributed by atoms with Crippen molar-refractivity contribution in [2.75, 3.05) is 13.2 Å². The molecule has 0 aliphatic carbocycles. The van der Waals surface area contributed by atoms with Gasteiger partial charge < -0.3 is 15.1 Å². The van der Waals surface area contributed by atoms with E-state index >= 15 is 0 Å². The van der Waals surface area contributed by atoms with Crippen molar-refractivity contribution in [2.45, 2.75) is 46.1 Å². The third kappa shape index (κ3) is 2.11. The Hall–Kier alpha value is -1.10. The van der Waals surface area contributed by atoms with Gasteiger partial charge >= 0.3 is 5.97 Å². The zero-order valence-corrected chi connectivity index (χ0v) is 11.6. The van der Waals surface area contributed by atoms with Crippen LogP contribution in [0.1, 0.15) is 40.5 Å². The Balaban J connectivity index is 3.21. The van der Waals surface area contributed by atoms with Crippen molar-refractivity contribution in [2.24, 2.45) is 11.3 Å². The smallest absolute Gasteiger partial charge is 0.330 e. The van der Waals surface area contributed by atoms with Crippen LogP contribution in [-0.4, -0.2) is 45.7 Å². The molecule has 0 spiro atoms. The van der Waals surface area contributed by atoms with Crippen molar-refractivity contribution < 1.29 is 19.8 Å². The lowest BCUT2D eigenvalue weighted by molar-refractivity contribution is -0.166. The highest BCUT2D eigenvalue weighted by Gasteiger charge is 2.55. The monoisotopic (exact) mass is 257 g/mol. The molecule has 104 valence electrons. The summed E-state index contributed by atoms with van der Waals surface area (Å²) in [5.41, 5.74) is -1.76. The number of carbonyl (C=O) groups excluding carboxylic acids is 1. The number of rotatable bonds is 4. The van der Waals surface area contributed by atoms with Crippen molar-refractivity contribution in [1.82, 2.24) is 4.90 Å². The van der Waals surface area contributed by atoms with E-state index in [1.807, 2.05) is 20.8 Å². The fourth-order valence-corrected chi connectivity index (χ4v) is 2.99. The molecule has 1 aliphatic rings. The van der Waals surface area contributed by atoms with Crippen molar-refractivity contribution in [3.63, 3.8) is 0 Å². The average molecular weight is 257 g/mol. The molecule has 0 bridgehead atoms.